The number of hydrogen-bond donors (Lipinski definition) is 2. The van der Waals surface area contributed by atoms with Gasteiger partial charge in [-0.25, -0.2) is 0 Å². The summed E-state index contributed by atoms with van der Waals surface area (Å²) in [7, 11) is 0. The van der Waals surface area contributed by atoms with Crippen LogP contribution in [0, 0.1) is 11.8 Å². The largest absolute Gasteiger partial charge is 0.381 e. The van der Waals surface area contributed by atoms with Gasteiger partial charge in [0.25, 0.3) is 0 Å². The first-order chi connectivity index (χ1) is 6.20. The molecule has 0 spiro atoms. The number of nitrogens with one attached hydrogen (secondary N) is 1. The summed E-state index contributed by atoms with van der Waals surface area (Å²) in [6.45, 7) is 8.22. The summed E-state index contributed by atoms with van der Waals surface area (Å²) in [5.74, 6) is 1.28. The molecule has 0 bridgehead atoms. The fraction of sp³-hybridized carbons (Fsp3) is 1.00. The summed E-state index contributed by atoms with van der Waals surface area (Å²) in [4.78, 5) is 0. The van der Waals surface area contributed by atoms with E-state index in [1.807, 2.05) is 0 Å². The van der Waals surface area contributed by atoms with Gasteiger partial charge in [-0.3, -0.25) is 0 Å². The molecule has 0 aromatic carbocycles. The van der Waals surface area contributed by atoms with Gasteiger partial charge in [-0.15, -0.1) is 0 Å². The molecule has 13 heavy (non-hydrogen) atoms. The Labute approximate surface area is 81.0 Å². The lowest BCUT2D eigenvalue weighted by atomic mass is 10.0. The van der Waals surface area contributed by atoms with Crippen molar-refractivity contribution in [3.05, 3.63) is 0 Å². The second-order valence-electron chi connectivity index (χ2n) is 4.22. The molecule has 1 rings (SSSR count). The normalized spacial score (nSPS) is 27.5. The summed E-state index contributed by atoms with van der Waals surface area (Å²) in [6.07, 6.45) is 1.21. The quantitative estimate of drug-likeness (QED) is 0.661. The van der Waals surface area contributed by atoms with Crippen LogP contribution < -0.4 is 11.1 Å². The summed E-state index contributed by atoms with van der Waals surface area (Å²) in [5.41, 5.74) is 5.77. The van der Waals surface area contributed by atoms with Gasteiger partial charge in [0.15, 0.2) is 0 Å². The third kappa shape index (κ3) is 4.07. The van der Waals surface area contributed by atoms with Crippen LogP contribution in [0.5, 0.6) is 0 Å². The lowest BCUT2D eigenvalue weighted by Crippen LogP contribution is -2.35. The van der Waals surface area contributed by atoms with Crippen molar-refractivity contribution in [1.29, 1.82) is 0 Å². The van der Waals surface area contributed by atoms with Crippen molar-refractivity contribution >= 4 is 0 Å². The summed E-state index contributed by atoms with van der Waals surface area (Å²) >= 11 is 0. The number of hydrogen-bond acceptors (Lipinski definition) is 3. The molecule has 0 aromatic rings. The minimum atomic E-state index is 0.285. The topological polar surface area (TPSA) is 47.3 Å². The van der Waals surface area contributed by atoms with Gasteiger partial charge in [-0.2, -0.15) is 0 Å². The van der Waals surface area contributed by atoms with E-state index in [0.717, 1.165) is 32.2 Å². The first-order valence-electron chi connectivity index (χ1n) is 5.24. The highest BCUT2D eigenvalue weighted by Gasteiger charge is 2.15. The van der Waals surface area contributed by atoms with Crippen LogP contribution in [-0.2, 0) is 4.74 Å². The van der Waals surface area contributed by atoms with Crippen molar-refractivity contribution in [2.75, 3.05) is 26.3 Å². The van der Waals surface area contributed by atoms with Crippen LogP contribution >= 0.6 is 0 Å². The third-order valence-corrected chi connectivity index (χ3v) is 2.82. The Morgan fingerprint density at radius 3 is 2.85 bits per heavy atom. The Balaban J connectivity index is 1.99. The van der Waals surface area contributed by atoms with E-state index >= 15 is 0 Å². The van der Waals surface area contributed by atoms with Crippen molar-refractivity contribution in [2.24, 2.45) is 17.6 Å². The molecule has 1 saturated heterocycles. The molecule has 3 heteroatoms. The first kappa shape index (κ1) is 11.0. The van der Waals surface area contributed by atoms with E-state index in [2.05, 4.69) is 19.2 Å². The fourth-order valence-electron chi connectivity index (χ4n) is 1.45. The van der Waals surface area contributed by atoms with Gasteiger partial charge >= 0.3 is 0 Å². The molecular weight excluding hydrogens is 164 g/mol. The van der Waals surface area contributed by atoms with E-state index < -0.39 is 0 Å². The van der Waals surface area contributed by atoms with Crippen LogP contribution in [0.4, 0.5) is 0 Å². The van der Waals surface area contributed by atoms with Crippen molar-refractivity contribution in [2.45, 2.75) is 26.3 Å². The highest BCUT2D eigenvalue weighted by molar-refractivity contribution is 4.70. The first-order valence-corrected chi connectivity index (χ1v) is 5.24. The molecule has 1 aliphatic heterocycles. The number of nitrogens with two attached hydrogens (primary N) is 1. The van der Waals surface area contributed by atoms with E-state index in [0.29, 0.717) is 5.92 Å². The SMILES string of the molecule is CC(N)C(C)CNCC1CCOC1. The lowest BCUT2D eigenvalue weighted by Gasteiger charge is -2.17. The maximum absolute atomic E-state index is 5.77. The average Bonchev–Trinajstić information content (AvgIpc) is 2.56. The minimum Gasteiger partial charge on any atom is -0.381 e. The molecule has 3 atom stereocenters. The third-order valence-electron chi connectivity index (χ3n) is 2.82. The van der Waals surface area contributed by atoms with Crippen molar-refractivity contribution in [3.63, 3.8) is 0 Å². The van der Waals surface area contributed by atoms with Crippen LogP contribution in [-0.4, -0.2) is 32.3 Å². The molecule has 3 nitrogen and oxygen atoms in total. The Morgan fingerprint density at radius 2 is 2.31 bits per heavy atom. The zero-order valence-electron chi connectivity index (χ0n) is 8.75. The highest BCUT2D eigenvalue weighted by atomic mass is 16.5. The Kier molecular flexibility index (Phi) is 4.70. The van der Waals surface area contributed by atoms with E-state index in [1.54, 1.807) is 0 Å². The molecule has 0 saturated carbocycles. The van der Waals surface area contributed by atoms with Gasteiger partial charge in [-0.1, -0.05) is 6.92 Å². The Hall–Kier alpha value is -0.120. The van der Waals surface area contributed by atoms with Crippen LogP contribution in [0.25, 0.3) is 0 Å². The summed E-state index contributed by atoms with van der Waals surface area (Å²) < 4.78 is 5.30. The predicted octanol–water partition coefficient (Wildman–Crippen LogP) is 0.596. The van der Waals surface area contributed by atoms with Crippen molar-refractivity contribution in [1.82, 2.24) is 5.32 Å². The second kappa shape index (κ2) is 5.58. The van der Waals surface area contributed by atoms with Gasteiger partial charge in [0.1, 0.15) is 0 Å². The van der Waals surface area contributed by atoms with Gasteiger partial charge in [0, 0.05) is 19.2 Å². The molecule has 0 amide bonds. The lowest BCUT2D eigenvalue weighted by molar-refractivity contribution is 0.185. The van der Waals surface area contributed by atoms with Crippen LogP contribution in [0.2, 0.25) is 0 Å². The zero-order chi connectivity index (χ0) is 9.68. The molecule has 0 aliphatic carbocycles. The minimum absolute atomic E-state index is 0.285. The average molecular weight is 186 g/mol. The number of rotatable bonds is 5. The van der Waals surface area contributed by atoms with Gasteiger partial charge in [-0.05, 0) is 31.7 Å². The molecule has 1 heterocycles. The zero-order valence-corrected chi connectivity index (χ0v) is 8.75. The molecule has 1 aliphatic rings. The second-order valence-corrected chi connectivity index (χ2v) is 4.22. The van der Waals surface area contributed by atoms with E-state index in [4.69, 9.17) is 10.5 Å². The monoisotopic (exact) mass is 186 g/mol. The van der Waals surface area contributed by atoms with Crippen LogP contribution in [0.3, 0.4) is 0 Å². The van der Waals surface area contributed by atoms with Crippen molar-refractivity contribution in [3.8, 4) is 0 Å². The molecule has 78 valence electrons. The van der Waals surface area contributed by atoms with E-state index in [-0.39, 0.29) is 6.04 Å². The molecule has 3 N–H and O–H groups in total. The van der Waals surface area contributed by atoms with E-state index in [1.165, 1.54) is 6.42 Å². The maximum Gasteiger partial charge on any atom is 0.0507 e. The summed E-state index contributed by atoms with van der Waals surface area (Å²) in [6, 6.07) is 0.285. The Morgan fingerprint density at radius 1 is 1.54 bits per heavy atom. The molecule has 3 unspecified atom stereocenters. The van der Waals surface area contributed by atoms with Gasteiger partial charge in [0.05, 0.1) is 6.61 Å². The van der Waals surface area contributed by atoms with Crippen molar-refractivity contribution < 1.29 is 4.74 Å². The molecule has 1 fully saturated rings. The molecule has 0 aromatic heterocycles. The molecular formula is C10H22N2O. The van der Waals surface area contributed by atoms with Crippen LogP contribution in [0.1, 0.15) is 20.3 Å². The fourth-order valence-corrected chi connectivity index (χ4v) is 1.45. The summed E-state index contributed by atoms with van der Waals surface area (Å²) in [5, 5.41) is 3.45. The maximum atomic E-state index is 5.77. The van der Waals surface area contributed by atoms with Gasteiger partial charge in [0.2, 0.25) is 0 Å². The highest BCUT2D eigenvalue weighted by Crippen LogP contribution is 2.10. The number of ether oxygens (including phenoxy) is 1. The van der Waals surface area contributed by atoms with E-state index in [9.17, 15) is 0 Å². The van der Waals surface area contributed by atoms with Crippen LogP contribution in [0.15, 0.2) is 0 Å². The smallest absolute Gasteiger partial charge is 0.0507 e. The van der Waals surface area contributed by atoms with Gasteiger partial charge < -0.3 is 15.8 Å². The standard InChI is InChI=1S/C10H22N2O/c1-8(9(2)11)5-12-6-10-3-4-13-7-10/h8-10,12H,3-7,11H2,1-2H3. The molecule has 0 radical (unpaired) electrons. The Bertz CT molecular complexity index is 131. The predicted molar refractivity (Wildman–Crippen MR) is 54.6 cm³/mol.